The molecule has 0 N–H and O–H groups in total. The molecule has 2 heterocycles. The van der Waals surface area contributed by atoms with Crippen molar-refractivity contribution in [1.29, 1.82) is 0 Å². The third-order valence-corrected chi connectivity index (χ3v) is 4.65. The Morgan fingerprint density at radius 3 is 2.94 bits per heavy atom. The maximum atomic E-state index is 5.94. The molecule has 17 heavy (non-hydrogen) atoms. The monoisotopic (exact) mass is 380 g/mol. The Balaban J connectivity index is 2.28. The van der Waals surface area contributed by atoms with Crippen LogP contribution in [0.5, 0.6) is 0 Å². The number of hydrogen-bond donors (Lipinski definition) is 0. The van der Waals surface area contributed by atoms with E-state index >= 15 is 0 Å². The summed E-state index contributed by atoms with van der Waals surface area (Å²) in [6, 6.07) is 2.45. The summed E-state index contributed by atoms with van der Waals surface area (Å²) >= 11 is 13.1. The van der Waals surface area contributed by atoms with E-state index in [9.17, 15) is 0 Å². The van der Waals surface area contributed by atoms with Gasteiger partial charge in [0, 0.05) is 24.1 Å². The molecular weight excluding hydrogens is 367 g/mol. The molecular formula is C12H15Br2ClN2. The van der Waals surface area contributed by atoms with E-state index in [1.165, 1.54) is 25.7 Å². The summed E-state index contributed by atoms with van der Waals surface area (Å²) in [6.45, 7) is 1.07. The highest BCUT2D eigenvalue weighted by Crippen LogP contribution is 2.31. The van der Waals surface area contributed by atoms with Gasteiger partial charge in [0.05, 0.1) is 9.50 Å². The molecule has 94 valence electrons. The Morgan fingerprint density at radius 2 is 2.24 bits per heavy atom. The third-order valence-electron chi connectivity index (χ3n) is 3.12. The normalized spacial score (nSPS) is 21.4. The second-order valence-corrected chi connectivity index (χ2v) is 6.25. The Morgan fingerprint density at radius 1 is 1.41 bits per heavy atom. The molecule has 1 aliphatic rings. The van der Waals surface area contributed by atoms with Crippen LogP contribution in [0, 0.1) is 0 Å². The third kappa shape index (κ3) is 3.36. The summed E-state index contributed by atoms with van der Waals surface area (Å²) in [6.07, 6.45) is 6.79. The molecule has 2 rings (SSSR count). The van der Waals surface area contributed by atoms with Crippen LogP contribution in [0.25, 0.3) is 0 Å². The Hall–Kier alpha value is 0.200. The minimum Gasteiger partial charge on any atom is -0.352 e. The van der Waals surface area contributed by atoms with Crippen LogP contribution in [0.1, 0.15) is 25.7 Å². The van der Waals surface area contributed by atoms with Crippen LogP contribution < -0.4 is 4.90 Å². The van der Waals surface area contributed by atoms with Gasteiger partial charge in [-0.3, -0.25) is 0 Å². The topological polar surface area (TPSA) is 16.1 Å². The summed E-state index contributed by atoms with van der Waals surface area (Å²) in [5.41, 5.74) is 0. The van der Waals surface area contributed by atoms with Gasteiger partial charge in [0.15, 0.2) is 0 Å². The maximum Gasteiger partial charge on any atom is 0.143 e. The largest absolute Gasteiger partial charge is 0.352 e. The summed E-state index contributed by atoms with van der Waals surface area (Å²) < 4.78 is 0.984. The summed E-state index contributed by atoms with van der Waals surface area (Å²) in [7, 11) is 0. The van der Waals surface area contributed by atoms with Gasteiger partial charge in [-0.1, -0.05) is 40.4 Å². The molecule has 0 amide bonds. The zero-order valence-corrected chi connectivity index (χ0v) is 13.4. The molecule has 5 heteroatoms. The molecule has 0 aliphatic carbocycles. The van der Waals surface area contributed by atoms with Gasteiger partial charge >= 0.3 is 0 Å². The summed E-state index contributed by atoms with van der Waals surface area (Å²) in [5.74, 6) is 1.01. The van der Waals surface area contributed by atoms with E-state index in [1.54, 1.807) is 6.20 Å². The molecule has 1 aromatic heterocycles. The van der Waals surface area contributed by atoms with Crippen molar-refractivity contribution in [3.63, 3.8) is 0 Å². The molecule has 0 saturated carbocycles. The molecule has 1 aliphatic heterocycles. The van der Waals surface area contributed by atoms with E-state index in [0.29, 0.717) is 11.1 Å². The zero-order chi connectivity index (χ0) is 12.3. The van der Waals surface area contributed by atoms with E-state index in [4.69, 9.17) is 11.6 Å². The molecule has 1 atom stereocenters. The van der Waals surface area contributed by atoms with E-state index < -0.39 is 0 Å². The molecule has 1 unspecified atom stereocenters. The minimum atomic E-state index is 0.530. The Bertz CT molecular complexity index is 387. The van der Waals surface area contributed by atoms with Crippen molar-refractivity contribution in [3.8, 4) is 0 Å². The highest BCUT2D eigenvalue weighted by Gasteiger charge is 2.22. The van der Waals surface area contributed by atoms with Crippen molar-refractivity contribution < 1.29 is 0 Å². The van der Waals surface area contributed by atoms with Crippen LogP contribution in [-0.2, 0) is 0 Å². The molecule has 1 saturated heterocycles. The van der Waals surface area contributed by atoms with Crippen LogP contribution in [0.2, 0.25) is 5.02 Å². The van der Waals surface area contributed by atoms with Gasteiger partial charge in [-0.25, -0.2) is 4.98 Å². The lowest BCUT2D eigenvalue weighted by atomic mass is 10.1. The number of halogens is 3. The van der Waals surface area contributed by atoms with Crippen molar-refractivity contribution in [1.82, 2.24) is 4.98 Å². The van der Waals surface area contributed by atoms with Crippen LogP contribution in [0.15, 0.2) is 16.7 Å². The summed E-state index contributed by atoms with van der Waals surface area (Å²) in [5, 5.41) is 1.66. The van der Waals surface area contributed by atoms with Gasteiger partial charge < -0.3 is 4.90 Å². The van der Waals surface area contributed by atoms with Gasteiger partial charge in [-0.15, -0.1) is 0 Å². The highest BCUT2D eigenvalue weighted by atomic mass is 79.9. The van der Waals surface area contributed by atoms with Gasteiger partial charge in [0.1, 0.15) is 5.82 Å². The van der Waals surface area contributed by atoms with Crippen molar-refractivity contribution >= 4 is 49.3 Å². The molecule has 0 aromatic carbocycles. The van der Waals surface area contributed by atoms with Crippen LogP contribution in [0.4, 0.5) is 5.82 Å². The minimum absolute atomic E-state index is 0.530. The molecule has 1 aromatic rings. The van der Waals surface area contributed by atoms with E-state index in [2.05, 4.69) is 41.7 Å². The second kappa shape index (κ2) is 6.39. The molecule has 0 radical (unpaired) electrons. The van der Waals surface area contributed by atoms with Crippen LogP contribution >= 0.6 is 43.5 Å². The average Bonchev–Trinajstić information content (AvgIpc) is 2.54. The smallest absolute Gasteiger partial charge is 0.143 e. The first-order valence-electron chi connectivity index (χ1n) is 5.86. The highest BCUT2D eigenvalue weighted by molar-refractivity contribution is 9.10. The lowest BCUT2D eigenvalue weighted by molar-refractivity contribution is 0.620. The quantitative estimate of drug-likeness (QED) is 0.693. The maximum absolute atomic E-state index is 5.94. The van der Waals surface area contributed by atoms with E-state index in [-0.39, 0.29) is 0 Å². The number of nitrogens with zero attached hydrogens (tertiary/aromatic N) is 2. The number of alkyl halides is 1. The van der Waals surface area contributed by atoms with Crippen LogP contribution in [-0.4, -0.2) is 22.9 Å². The number of rotatable bonds is 2. The SMILES string of the molecule is Clc1cnc(N2CCCCCC2CBr)c(Br)c1. The second-order valence-electron chi connectivity index (χ2n) is 4.31. The molecule has 1 fully saturated rings. The number of hydrogen-bond acceptors (Lipinski definition) is 2. The first kappa shape index (κ1) is 13.6. The molecule has 2 nitrogen and oxygen atoms in total. The average molecular weight is 383 g/mol. The van der Waals surface area contributed by atoms with Crippen molar-refractivity contribution in [2.24, 2.45) is 0 Å². The van der Waals surface area contributed by atoms with E-state index in [1.807, 2.05) is 6.07 Å². The van der Waals surface area contributed by atoms with Gasteiger partial charge in [-0.05, 0) is 34.8 Å². The summed E-state index contributed by atoms with van der Waals surface area (Å²) in [4.78, 5) is 6.86. The zero-order valence-electron chi connectivity index (χ0n) is 9.50. The predicted octanol–water partition coefficient (Wildman–Crippen LogP) is 4.64. The number of aromatic nitrogens is 1. The van der Waals surface area contributed by atoms with Gasteiger partial charge in [-0.2, -0.15) is 0 Å². The van der Waals surface area contributed by atoms with E-state index in [0.717, 1.165) is 22.2 Å². The fraction of sp³-hybridized carbons (Fsp3) is 0.583. The first-order valence-corrected chi connectivity index (χ1v) is 8.15. The van der Waals surface area contributed by atoms with Crippen molar-refractivity contribution in [3.05, 3.63) is 21.8 Å². The number of anilines is 1. The van der Waals surface area contributed by atoms with Crippen LogP contribution in [0.3, 0.4) is 0 Å². The van der Waals surface area contributed by atoms with Gasteiger partial charge in [0.25, 0.3) is 0 Å². The predicted molar refractivity (Wildman–Crippen MR) is 80.3 cm³/mol. The standard InChI is InChI=1S/C12H15Br2ClN2/c13-7-10-4-2-1-3-5-17(10)12-11(14)6-9(15)8-16-12/h6,8,10H,1-5,7H2. The lowest BCUT2D eigenvalue weighted by Gasteiger charge is -2.30. The Labute approximate surface area is 124 Å². The molecule has 0 spiro atoms. The fourth-order valence-electron chi connectivity index (χ4n) is 2.24. The van der Waals surface area contributed by atoms with Crippen molar-refractivity contribution in [2.75, 3.05) is 16.8 Å². The fourth-order valence-corrected chi connectivity index (χ4v) is 3.78. The number of pyridine rings is 1. The molecule has 0 bridgehead atoms. The van der Waals surface area contributed by atoms with Crippen molar-refractivity contribution in [2.45, 2.75) is 31.7 Å². The van der Waals surface area contributed by atoms with Gasteiger partial charge in [0.2, 0.25) is 0 Å². The Kier molecular flexibility index (Phi) is 5.12. The first-order chi connectivity index (χ1) is 8.22. The lowest BCUT2D eigenvalue weighted by Crippen LogP contribution is -2.36.